The second kappa shape index (κ2) is 21.1. The van der Waals surface area contributed by atoms with E-state index < -0.39 is 28.8 Å². The molecule has 6 atom stereocenters. The number of unbranched alkanes of at least 4 members (excludes halogenated alkanes) is 2. The maximum atomic E-state index is 13.8. The third-order valence-electron chi connectivity index (χ3n) is 11.7. The van der Waals surface area contributed by atoms with Gasteiger partial charge in [0.25, 0.3) is 5.69 Å². The van der Waals surface area contributed by atoms with Gasteiger partial charge in [-0.15, -0.1) is 18.3 Å². The zero-order valence-electron chi connectivity index (χ0n) is 34.7. The van der Waals surface area contributed by atoms with Crippen LogP contribution >= 0.6 is 11.8 Å². The maximum Gasteiger partial charge on any atom is 0.409 e. The van der Waals surface area contributed by atoms with Gasteiger partial charge in [-0.25, -0.2) is 4.79 Å². The molecule has 1 aliphatic heterocycles. The molecule has 2 N–H and O–H groups in total. The summed E-state index contributed by atoms with van der Waals surface area (Å²) in [6.07, 6.45) is 10.8. The molecular weight excluding hydrogens is 787 g/mol. The highest BCUT2D eigenvalue weighted by atomic mass is 32.2. The molecule has 6 unspecified atom stereocenters. The van der Waals surface area contributed by atoms with Crippen molar-refractivity contribution in [3.05, 3.63) is 112 Å². The summed E-state index contributed by atoms with van der Waals surface area (Å²) in [6, 6.07) is 19.3. The Hall–Kier alpha value is -4.89. The van der Waals surface area contributed by atoms with E-state index in [2.05, 4.69) is 18.7 Å². The molecule has 13 nitrogen and oxygen atoms in total. The van der Waals surface area contributed by atoms with Crippen LogP contribution in [0.3, 0.4) is 0 Å². The topological polar surface area (TPSA) is 162 Å². The molecule has 14 heteroatoms. The van der Waals surface area contributed by atoms with Crippen molar-refractivity contribution in [2.75, 3.05) is 39.7 Å². The molecule has 322 valence electrons. The lowest BCUT2D eigenvalue weighted by molar-refractivity contribution is -0.384. The number of oxime groups is 1. The number of carbonyl (C=O) groups excluding carboxylic acids is 1. The Kier molecular flexibility index (Phi) is 15.7. The Morgan fingerprint density at radius 3 is 2.42 bits per heavy atom. The van der Waals surface area contributed by atoms with Crippen LogP contribution in [0, 0.1) is 27.9 Å². The van der Waals surface area contributed by atoms with Crippen molar-refractivity contribution in [3.63, 3.8) is 0 Å². The molecule has 1 amide bonds. The predicted octanol–water partition coefficient (Wildman–Crippen LogP) is 9.42. The van der Waals surface area contributed by atoms with Crippen molar-refractivity contribution in [1.29, 1.82) is 0 Å². The standard InChI is InChI=1S/C46H57N3O10S/c1-5-23-48(45(52)55-3)42-29-40(47-57-30-31-13-15-33(16-14-31)49(53)54)38-27-32(11-7-9-24-50)37(12-8-10-25-51)43-39-28-35(58-34-17-20-36(60-4)21-18-34)19-22-41(39)59-46(42,44(38)43)56-26-6-2/h6,13-22,27-28,32,37,42-44,50-51H,2,5,7-12,23-26,29-30H2,1,3-4H3. The van der Waals surface area contributed by atoms with E-state index in [0.29, 0.717) is 54.3 Å². The lowest BCUT2D eigenvalue weighted by Crippen LogP contribution is -2.70. The number of methoxy groups -OCH3 is 1. The number of non-ortho nitro benzene ring substituents is 1. The van der Waals surface area contributed by atoms with Crippen LogP contribution in [0.25, 0.3) is 0 Å². The van der Waals surface area contributed by atoms with E-state index in [0.717, 1.165) is 41.7 Å². The minimum atomic E-state index is -1.42. The van der Waals surface area contributed by atoms with Gasteiger partial charge in [0.2, 0.25) is 5.79 Å². The fraction of sp³-hybridized carbons (Fsp3) is 0.478. The van der Waals surface area contributed by atoms with Gasteiger partial charge in [-0.2, -0.15) is 0 Å². The molecular formula is C46H57N3O10S. The first-order chi connectivity index (χ1) is 29.2. The Labute approximate surface area is 356 Å². The van der Waals surface area contributed by atoms with Gasteiger partial charge >= 0.3 is 6.09 Å². The van der Waals surface area contributed by atoms with Gasteiger partial charge in [-0.05, 0) is 116 Å². The maximum absolute atomic E-state index is 13.8. The highest BCUT2D eigenvalue weighted by Gasteiger charge is 2.65. The van der Waals surface area contributed by atoms with E-state index >= 15 is 0 Å². The van der Waals surface area contributed by atoms with Gasteiger partial charge in [-0.3, -0.25) is 15.0 Å². The monoisotopic (exact) mass is 843 g/mol. The summed E-state index contributed by atoms with van der Waals surface area (Å²) in [4.78, 5) is 33.6. The predicted molar refractivity (Wildman–Crippen MR) is 231 cm³/mol. The number of fused-ring (bicyclic) bond motifs is 2. The zero-order chi connectivity index (χ0) is 42.6. The number of carbonyl (C=O) groups is 1. The van der Waals surface area contributed by atoms with E-state index in [-0.39, 0.29) is 56.3 Å². The highest BCUT2D eigenvalue weighted by molar-refractivity contribution is 7.98. The molecule has 60 heavy (non-hydrogen) atoms. The lowest BCUT2D eigenvalue weighted by atomic mass is 9.55. The number of nitro benzene ring substituents is 1. The number of nitro groups is 1. The minimum Gasteiger partial charge on any atom is -0.459 e. The fourth-order valence-electron chi connectivity index (χ4n) is 9.12. The Bertz CT molecular complexity index is 1990. The minimum absolute atomic E-state index is 0.0197. The van der Waals surface area contributed by atoms with Gasteiger partial charge < -0.3 is 34.0 Å². The number of amides is 1. The number of allylic oxidation sites excluding steroid dienone is 1. The Balaban J connectivity index is 1.55. The van der Waals surface area contributed by atoms with Crippen molar-refractivity contribution in [1.82, 2.24) is 4.90 Å². The number of ether oxygens (including phenoxy) is 4. The normalized spacial score (nSPS) is 23.4. The van der Waals surface area contributed by atoms with Crippen LogP contribution in [0.4, 0.5) is 10.5 Å². The first-order valence-electron chi connectivity index (χ1n) is 20.8. The van der Waals surface area contributed by atoms with Crippen LogP contribution in [0.5, 0.6) is 17.2 Å². The van der Waals surface area contributed by atoms with Gasteiger partial charge in [0.05, 0.1) is 30.3 Å². The summed E-state index contributed by atoms with van der Waals surface area (Å²) in [5.74, 6) is -0.111. The molecule has 0 bridgehead atoms. The van der Waals surface area contributed by atoms with Gasteiger partial charge in [0.15, 0.2) is 0 Å². The second-order valence-corrected chi connectivity index (χ2v) is 16.3. The van der Waals surface area contributed by atoms with Crippen LogP contribution in [-0.4, -0.2) is 83.4 Å². The zero-order valence-corrected chi connectivity index (χ0v) is 35.5. The van der Waals surface area contributed by atoms with E-state index in [1.165, 1.54) is 19.2 Å². The summed E-state index contributed by atoms with van der Waals surface area (Å²) >= 11 is 1.66. The van der Waals surface area contributed by atoms with Crippen LogP contribution in [0.2, 0.25) is 0 Å². The molecule has 1 fully saturated rings. The first kappa shape index (κ1) is 44.7. The van der Waals surface area contributed by atoms with Crippen molar-refractivity contribution in [2.24, 2.45) is 22.9 Å². The Morgan fingerprint density at radius 1 is 1.05 bits per heavy atom. The molecule has 3 aromatic carbocycles. The van der Waals surface area contributed by atoms with Gasteiger partial charge in [0.1, 0.15) is 29.9 Å². The molecule has 0 aromatic heterocycles. The van der Waals surface area contributed by atoms with E-state index in [1.807, 2.05) is 49.6 Å². The number of thioether (sulfide) groups is 1. The smallest absolute Gasteiger partial charge is 0.409 e. The molecule has 3 aliphatic rings. The van der Waals surface area contributed by atoms with Crippen molar-refractivity contribution < 1.29 is 43.7 Å². The van der Waals surface area contributed by atoms with Crippen molar-refractivity contribution in [2.45, 2.75) is 87.5 Å². The quantitative estimate of drug-likeness (QED) is 0.0345. The first-order valence-corrected chi connectivity index (χ1v) is 22.0. The Morgan fingerprint density at radius 2 is 1.77 bits per heavy atom. The third kappa shape index (κ3) is 9.83. The third-order valence-corrected chi connectivity index (χ3v) is 12.5. The SMILES string of the molecule is C=CCOC12Oc3ccc(Oc4ccc(SC)cc4)cc3C3C(CCCCO)C(CCCCO)C=C(C(=NOCc4ccc([N+](=O)[O-])cc4)CC1N(CCC)C(=O)OC)C32. The molecule has 0 saturated heterocycles. The number of hydrogen-bond acceptors (Lipinski definition) is 12. The largest absolute Gasteiger partial charge is 0.459 e. The molecule has 0 spiro atoms. The average molecular weight is 844 g/mol. The summed E-state index contributed by atoms with van der Waals surface area (Å²) in [5, 5.41) is 35.9. The summed E-state index contributed by atoms with van der Waals surface area (Å²) < 4.78 is 26.1. The molecule has 1 heterocycles. The average Bonchev–Trinajstić information content (AvgIpc) is 3.26. The van der Waals surface area contributed by atoms with Gasteiger partial charge in [-0.1, -0.05) is 37.1 Å². The fourth-order valence-corrected chi connectivity index (χ4v) is 9.53. The lowest BCUT2D eigenvalue weighted by Gasteiger charge is -2.59. The van der Waals surface area contributed by atoms with Crippen LogP contribution in [0.15, 0.2) is 101 Å². The van der Waals surface area contributed by atoms with Crippen LogP contribution in [-0.2, 0) is 20.9 Å². The van der Waals surface area contributed by atoms with E-state index in [1.54, 1.807) is 34.9 Å². The summed E-state index contributed by atoms with van der Waals surface area (Å²) in [6.45, 7) is 6.69. The number of nitrogens with zero attached hydrogens (tertiary/aromatic N) is 3. The number of aliphatic hydroxyl groups excluding tert-OH is 2. The van der Waals surface area contributed by atoms with Crippen molar-refractivity contribution in [3.8, 4) is 17.2 Å². The molecule has 1 saturated carbocycles. The number of rotatable bonds is 21. The van der Waals surface area contributed by atoms with Gasteiger partial charge in [0, 0.05) is 54.7 Å². The second-order valence-electron chi connectivity index (χ2n) is 15.4. The molecule has 3 aromatic rings. The molecule has 2 aliphatic carbocycles. The van der Waals surface area contributed by atoms with Crippen LogP contribution < -0.4 is 9.47 Å². The number of aliphatic hydroxyl groups is 2. The molecule has 0 radical (unpaired) electrons. The van der Waals surface area contributed by atoms with Crippen molar-refractivity contribution >= 4 is 29.3 Å². The number of hydrogen-bond donors (Lipinski definition) is 2. The molecule has 6 rings (SSSR count). The summed E-state index contributed by atoms with van der Waals surface area (Å²) in [7, 11) is 1.36. The van der Waals surface area contributed by atoms with E-state index in [9.17, 15) is 25.1 Å². The van der Waals surface area contributed by atoms with Crippen LogP contribution in [0.1, 0.15) is 75.3 Å². The summed E-state index contributed by atoms with van der Waals surface area (Å²) in [5.41, 5.74) is 3.15. The number of benzene rings is 3. The van der Waals surface area contributed by atoms with E-state index in [4.69, 9.17) is 28.9 Å². The highest BCUT2D eigenvalue weighted by Crippen LogP contribution is 2.62.